The molecule has 3 aromatic rings. The number of hydrogen-bond acceptors (Lipinski definition) is 5. The lowest BCUT2D eigenvalue weighted by molar-refractivity contribution is 0.415. The molecular weight excluding hydrogens is 374 g/mol. The summed E-state index contributed by atoms with van der Waals surface area (Å²) in [5, 5.41) is 4.96. The molecule has 0 aliphatic carbocycles. The summed E-state index contributed by atoms with van der Waals surface area (Å²) < 4.78 is 6.10. The van der Waals surface area contributed by atoms with Gasteiger partial charge in [-0.2, -0.15) is 5.10 Å². The maximum absolute atomic E-state index is 5.13. The average molecular weight is 388 g/mol. The van der Waals surface area contributed by atoms with E-state index in [1.54, 1.807) is 13.3 Å². The third-order valence-corrected chi connectivity index (χ3v) is 4.73. The van der Waals surface area contributed by atoms with E-state index < -0.39 is 0 Å². The van der Waals surface area contributed by atoms with Crippen LogP contribution in [0, 0.1) is 0 Å². The second kappa shape index (κ2) is 7.39. The fourth-order valence-electron chi connectivity index (χ4n) is 1.98. The molecule has 0 saturated carbocycles. The number of nitrogens with one attached hydrogen (secondary N) is 1. The molecule has 0 aliphatic rings. The number of hydrogen-bond donors (Lipinski definition) is 1. The number of methoxy groups -OCH3 is 1. The fourth-order valence-corrected chi connectivity index (χ4v) is 3.42. The number of nitrogens with zero attached hydrogens (tertiary/aromatic N) is 2. The molecule has 1 aromatic heterocycles. The van der Waals surface area contributed by atoms with Gasteiger partial charge in [0, 0.05) is 5.56 Å². The minimum Gasteiger partial charge on any atom is -0.497 e. The van der Waals surface area contributed by atoms with Crippen LogP contribution in [0.5, 0.6) is 5.75 Å². The Bertz CT molecular complexity index is 800. The molecule has 0 radical (unpaired) electrons. The van der Waals surface area contributed by atoms with E-state index in [-0.39, 0.29) is 0 Å². The molecule has 0 bridgehead atoms. The standard InChI is InChI=1S/C17H14BrN3OS/c1-22-14-9-7-12(8-10-14)11-19-21-17-20-15(16(18)23-17)13-5-3-2-4-6-13/h2-11H,1H3,(H,20,21). The van der Waals surface area contributed by atoms with Gasteiger partial charge in [0.25, 0.3) is 0 Å². The summed E-state index contributed by atoms with van der Waals surface area (Å²) in [4.78, 5) is 4.57. The molecule has 3 rings (SSSR count). The van der Waals surface area contributed by atoms with Crippen LogP contribution in [0.4, 0.5) is 5.13 Å². The van der Waals surface area contributed by atoms with E-state index in [9.17, 15) is 0 Å². The second-order valence-corrected chi connectivity index (χ2v) is 6.97. The Morgan fingerprint density at radius 2 is 1.87 bits per heavy atom. The quantitative estimate of drug-likeness (QED) is 0.493. The van der Waals surface area contributed by atoms with Crippen LogP contribution in [0.2, 0.25) is 0 Å². The predicted octanol–water partition coefficient (Wildman–Crippen LogP) is 5.03. The molecule has 116 valence electrons. The zero-order valence-corrected chi connectivity index (χ0v) is 14.8. The molecule has 0 atom stereocenters. The van der Waals surface area contributed by atoms with Gasteiger partial charge in [-0.3, -0.25) is 5.43 Å². The topological polar surface area (TPSA) is 46.5 Å². The molecule has 6 heteroatoms. The molecule has 2 aromatic carbocycles. The third-order valence-electron chi connectivity index (χ3n) is 3.12. The van der Waals surface area contributed by atoms with Crippen molar-refractivity contribution >= 4 is 38.6 Å². The number of hydrazone groups is 1. The lowest BCUT2D eigenvalue weighted by Crippen LogP contribution is -1.90. The van der Waals surface area contributed by atoms with E-state index in [1.807, 2.05) is 54.6 Å². The number of ether oxygens (including phenoxy) is 1. The van der Waals surface area contributed by atoms with E-state index in [2.05, 4.69) is 31.4 Å². The highest BCUT2D eigenvalue weighted by atomic mass is 79.9. The van der Waals surface area contributed by atoms with Crippen LogP contribution in [0.25, 0.3) is 11.3 Å². The molecule has 0 amide bonds. The molecule has 0 unspecified atom stereocenters. The van der Waals surface area contributed by atoms with Crippen molar-refractivity contribution in [2.45, 2.75) is 0 Å². The van der Waals surface area contributed by atoms with Gasteiger partial charge in [0.2, 0.25) is 5.13 Å². The van der Waals surface area contributed by atoms with Gasteiger partial charge in [0.15, 0.2) is 0 Å². The molecule has 23 heavy (non-hydrogen) atoms. The number of thiazole rings is 1. The smallest absolute Gasteiger partial charge is 0.205 e. The zero-order valence-electron chi connectivity index (χ0n) is 12.4. The van der Waals surface area contributed by atoms with Gasteiger partial charge in [-0.25, -0.2) is 4.98 Å². The Kier molecular flexibility index (Phi) is 5.05. The zero-order chi connectivity index (χ0) is 16.1. The molecule has 0 fully saturated rings. The minimum atomic E-state index is 0.737. The van der Waals surface area contributed by atoms with Crippen LogP contribution in [0.1, 0.15) is 5.56 Å². The minimum absolute atomic E-state index is 0.737. The largest absolute Gasteiger partial charge is 0.497 e. The van der Waals surface area contributed by atoms with Crippen LogP contribution in [0.15, 0.2) is 63.5 Å². The van der Waals surface area contributed by atoms with Crippen molar-refractivity contribution in [2.24, 2.45) is 5.10 Å². The van der Waals surface area contributed by atoms with Gasteiger partial charge in [-0.15, -0.1) is 0 Å². The summed E-state index contributed by atoms with van der Waals surface area (Å²) in [7, 11) is 1.65. The van der Waals surface area contributed by atoms with Crippen molar-refractivity contribution in [1.82, 2.24) is 4.98 Å². The highest BCUT2D eigenvalue weighted by molar-refractivity contribution is 9.11. The number of anilines is 1. The summed E-state index contributed by atoms with van der Waals surface area (Å²) in [5.41, 5.74) is 5.94. The molecular formula is C17H14BrN3OS. The summed E-state index contributed by atoms with van der Waals surface area (Å²) in [6, 6.07) is 17.7. The SMILES string of the molecule is COc1ccc(C=NNc2nc(-c3ccccc3)c(Br)s2)cc1. The highest BCUT2D eigenvalue weighted by Crippen LogP contribution is 2.35. The Labute approximate surface area is 147 Å². The molecule has 1 N–H and O–H groups in total. The molecule has 4 nitrogen and oxygen atoms in total. The van der Waals surface area contributed by atoms with Crippen molar-refractivity contribution in [3.05, 3.63) is 63.9 Å². The lowest BCUT2D eigenvalue weighted by atomic mass is 10.2. The monoisotopic (exact) mass is 387 g/mol. The summed E-state index contributed by atoms with van der Waals surface area (Å²) in [6.45, 7) is 0. The Balaban J connectivity index is 1.70. The first kappa shape index (κ1) is 15.7. The number of rotatable bonds is 5. The third kappa shape index (κ3) is 3.97. The lowest BCUT2D eigenvalue weighted by Gasteiger charge is -1.99. The normalized spacial score (nSPS) is 10.9. The van der Waals surface area contributed by atoms with Crippen molar-refractivity contribution in [3.63, 3.8) is 0 Å². The van der Waals surface area contributed by atoms with Gasteiger partial charge in [-0.1, -0.05) is 41.7 Å². The molecule has 0 spiro atoms. The van der Waals surface area contributed by atoms with Crippen molar-refractivity contribution in [1.29, 1.82) is 0 Å². The fraction of sp³-hybridized carbons (Fsp3) is 0.0588. The summed E-state index contributed by atoms with van der Waals surface area (Å²) in [5.74, 6) is 0.825. The van der Waals surface area contributed by atoms with Crippen LogP contribution in [0.3, 0.4) is 0 Å². The van der Waals surface area contributed by atoms with Crippen molar-refractivity contribution in [3.8, 4) is 17.0 Å². The average Bonchev–Trinajstić information content (AvgIpc) is 2.97. The Hall–Kier alpha value is -2.18. The molecule has 0 aliphatic heterocycles. The predicted molar refractivity (Wildman–Crippen MR) is 99.5 cm³/mol. The van der Waals surface area contributed by atoms with Gasteiger partial charge in [0.05, 0.1) is 22.8 Å². The Morgan fingerprint density at radius 1 is 1.13 bits per heavy atom. The summed E-state index contributed by atoms with van der Waals surface area (Å²) in [6.07, 6.45) is 1.75. The van der Waals surface area contributed by atoms with E-state index in [0.717, 1.165) is 31.5 Å². The summed E-state index contributed by atoms with van der Waals surface area (Å²) >= 11 is 5.07. The Morgan fingerprint density at radius 3 is 2.57 bits per heavy atom. The van der Waals surface area contributed by atoms with Gasteiger partial charge in [-0.05, 0) is 45.8 Å². The highest BCUT2D eigenvalue weighted by Gasteiger charge is 2.10. The molecule has 0 saturated heterocycles. The van der Waals surface area contributed by atoms with Crippen molar-refractivity contribution in [2.75, 3.05) is 12.5 Å². The first-order valence-corrected chi connectivity index (χ1v) is 8.52. The van der Waals surface area contributed by atoms with E-state index >= 15 is 0 Å². The van der Waals surface area contributed by atoms with Crippen LogP contribution >= 0.6 is 27.3 Å². The first-order chi connectivity index (χ1) is 11.3. The van der Waals surface area contributed by atoms with E-state index in [0.29, 0.717) is 0 Å². The van der Waals surface area contributed by atoms with Gasteiger partial charge < -0.3 is 4.74 Å². The number of halogens is 1. The van der Waals surface area contributed by atoms with E-state index in [4.69, 9.17) is 4.74 Å². The maximum Gasteiger partial charge on any atom is 0.205 e. The molecule has 1 heterocycles. The number of benzene rings is 2. The maximum atomic E-state index is 5.13. The van der Waals surface area contributed by atoms with Crippen molar-refractivity contribution < 1.29 is 4.74 Å². The second-order valence-electron chi connectivity index (χ2n) is 4.65. The van der Waals surface area contributed by atoms with E-state index in [1.165, 1.54) is 11.3 Å². The van der Waals surface area contributed by atoms with Crippen LogP contribution in [-0.2, 0) is 0 Å². The van der Waals surface area contributed by atoms with Gasteiger partial charge >= 0.3 is 0 Å². The number of aromatic nitrogens is 1. The van der Waals surface area contributed by atoms with Crippen LogP contribution < -0.4 is 10.2 Å². The first-order valence-electron chi connectivity index (χ1n) is 6.91. The van der Waals surface area contributed by atoms with Gasteiger partial charge in [0.1, 0.15) is 5.75 Å². The van der Waals surface area contributed by atoms with Crippen LogP contribution in [-0.4, -0.2) is 18.3 Å².